The number of halogens is 1. The van der Waals surface area contributed by atoms with Crippen LogP contribution in [0, 0.1) is 5.41 Å². The number of hydrogen-bond acceptors (Lipinski definition) is 5. The molecule has 154 valence electrons. The lowest BCUT2D eigenvalue weighted by atomic mass is 9.98. The van der Waals surface area contributed by atoms with E-state index in [1.165, 1.54) is 0 Å². The van der Waals surface area contributed by atoms with Crippen LogP contribution in [0.2, 0.25) is 0 Å². The zero-order valence-electron chi connectivity index (χ0n) is 15.8. The van der Waals surface area contributed by atoms with E-state index in [-0.39, 0.29) is 49.8 Å². The van der Waals surface area contributed by atoms with Crippen LogP contribution in [-0.4, -0.2) is 42.5 Å². The Bertz CT molecular complexity index is 711. The van der Waals surface area contributed by atoms with Crippen molar-refractivity contribution < 1.29 is 14.4 Å². The van der Waals surface area contributed by atoms with E-state index in [4.69, 9.17) is 16.0 Å². The summed E-state index contributed by atoms with van der Waals surface area (Å²) in [6.45, 7) is 3.41. The quantitative estimate of drug-likeness (QED) is 0.175. The number of carbonyl (C=O) groups excluding carboxylic acids is 2. The van der Waals surface area contributed by atoms with Gasteiger partial charge in [-0.05, 0) is 18.9 Å². The van der Waals surface area contributed by atoms with Crippen molar-refractivity contribution in [3.8, 4) is 0 Å². The largest absolute Gasteiger partial charge is 0.368 e. The molecule has 0 bridgehead atoms. The molecule has 10 heteroatoms. The Balaban J connectivity index is 0.00000392. The highest BCUT2D eigenvalue weighted by Gasteiger charge is 2.26. The van der Waals surface area contributed by atoms with Crippen molar-refractivity contribution in [3.63, 3.8) is 0 Å². The highest BCUT2D eigenvalue weighted by molar-refractivity contribution is 5.99. The molecule has 0 unspecified atom stereocenters. The second-order valence-electron chi connectivity index (χ2n) is 6.18. The van der Waals surface area contributed by atoms with Crippen LogP contribution in [0.4, 0.5) is 0 Å². The van der Waals surface area contributed by atoms with E-state index in [1.807, 2.05) is 37.3 Å². The Hall–Kier alpha value is -2.62. The molecule has 0 saturated heterocycles. The van der Waals surface area contributed by atoms with E-state index in [0.717, 1.165) is 17.6 Å². The van der Waals surface area contributed by atoms with Gasteiger partial charge in [-0.1, -0.05) is 35.9 Å². The van der Waals surface area contributed by atoms with Crippen LogP contribution in [0.5, 0.6) is 0 Å². The lowest BCUT2D eigenvalue weighted by Gasteiger charge is -2.30. The molecule has 0 atom stereocenters. The van der Waals surface area contributed by atoms with Gasteiger partial charge in [-0.15, -0.1) is 12.4 Å². The topological polar surface area (TPSA) is 133 Å². The van der Waals surface area contributed by atoms with Crippen molar-refractivity contribution in [1.29, 1.82) is 5.41 Å². The molecular weight excluding hydrogens is 384 g/mol. The lowest BCUT2D eigenvalue weighted by molar-refractivity contribution is -0.133. The van der Waals surface area contributed by atoms with Crippen molar-refractivity contribution >= 4 is 30.2 Å². The number of guanidine groups is 1. The molecule has 1 aromatic carbocycles. The van der Waals surface area contributed by atoms with Crippen LogP contribution >= 0.6 is 12.4 Å². The molecule has 28 heavy (non-hydrogen) atoms. The number of hydrogen-bond donors (Lipinski definition) is 5. The van der Waals surface area contributed by atoms with Crippen LogP contribution in [0.25, 0.3) is 0 Å². The Kier molecular flexibility index (Phi) is 10.0. The fraction of sp³-hybridized carbons (Fsp3) is 0.389. The first-order valence-electron chi connectivity index (χ1n) is 8.74. The molecule has 0 spiro atoms. The smallest absolute Gasteiger partial charge is 0.264 e. The van der Waals surface area contributed by atoms with Gasteiger partial charge in [-0.3, -0.25) is 24.8 Å². The minimum absolute atomic E-state index is 0. The van der Waals surface area contributed by atoms with E-state index in [1.54, 1.807) is 5.01 Å². The SMILES string of the molecule is CC1=C(CC(=O)NCCONC(=N)N)C(=O)N(NCc2ccccc2)CC1.Cl. The molecule has 2 rings (SSSR count). The summed E-state index contributed by atoms with van der Waals surface area (Å²) in [5, 5.41) is 11.2. The van der Waals surface area contributed by atoms with Crippen LogP contribution in [0.3, 0.4) is 0 Å². The van der Waals surface area contributed by atoms with E-state index in [9.17, 15) is 9.59 Å². The summed E-state index contributed by atoms with van der Waals surface area (Å²) < 4.78 is 0. The van der Waals surface area contributed by atoms with Gasteiger partial charge in [0.25, 0.3) is 5.91 Å². The summed E-state index contributed by atoms with van der Waals surface area (Å²) >= 11 is 0. The summed E-state index contributed by atoms with van der Waals surface area (Å²) in [4.78, 5) is 29.7. The van der Waals surface area contributed by atoms with Crippen LogP contribution in [0.15, 0.2) is 41.5 Å². The number of carbonyl (C=O) groups is 2. The molecule has 2 amide bonds. The van der Waals surface area contributed by atoms with Gasteiger partial charge < -0.3 is 11.1 Å². The van der Waals surface area contributed by atoms with Gasteiger partial charge in [-0.25, -0.2) is 10.9 Å². The van der Waals surface area contributed by atoms with Gasteiger partial charge in [0.05, 0.1) is 13.0 Å². The first kappa shape index (κ1) is 23.4. The molecule has 6 N–H and O–H groups in total. The fourth-order valence-corrected chi connectivity index (χ4v) is 2.63. The minimum atomic E-state index is -0.307. The van der Waals surface area contributed by atoms with E-state index >= 15 is 0 Å². The molecule has 0 saturated carbocycles. The van der Waals surface area contributed by atoms with Crippen molar-refractivity contribution in [1.82, 2.24) is 21.2 Å². The molecule has 0 aliphatic carbocycles. The summed E-state index contributed by atoms with van der Waals surface area (Å²) in [6.07, 6.45) is 0.746. The maximum Gasteiger partial charge on any atom is 0.264 e. The van der Waals surface area contributed by atoms with E-state index < -0.39 is 0 Å². The number of nitrogens with zero attached hydrogens (tertiary/aromatic N) is 1. The van der Waals surface area contributed by atoms with Crippen molar-refractivity contribution in [2.75, 3.05) is 19.7 Å². The van der Waals surface area contributed by atoms with Crippen LogP contribution < -0.4 is 22.0 Å². The number of nitrogens with one attached hydrogen (secondary N) is 4. The third-order valence-electron chi connectivity index (χ3n) is 4.09. The molecule has 1 heterocycles. The number of rotatable bonds is 9. The summed E-state index contributed by atoms with van der Waals surface area (Å²) in [5.41, 5.74) is 12.9. The predicted molar refractivity (Wildman–Crippen MR) is 108 cm³/mol. The molecule has 1 aliphatic rings. The first-order chi connectivity index (χ1) is 13.0. The summed E-state index contributed by atoms with van der Waals surface area (Å²) in [6, 6.07) is 9.81. The van der Waals surface area contributed by atoms with Crippen LogP contribution in [-0.2, 0) is 21.0 Å². The minimum Gasteiger partial charge on any atom is -0.368 e. The second kappa shape index (κ2) is 12.0. The highest BCUT2D eigenvalue weighted by Crippen LogP contribution is 2.20. The summed E-state index contributed by atoms with van der Waals surface area (Å²) in [7, 11) is 0. The standard InChI is InChI=1S/C18H26N6O3.ClH/c1-13-7-9-24(22-12-14-5-3-2-4-6-14)17(26)15(13)11-16(25)21-8-10-27-23-18(19)20;/h2-6,22H,7-12H2,1H3,(H,21,25)(H4,19,20,23);1H. The van der Waals surface area contributed by atoms with Gasteiger partial charge >= 0.3 is 0 Å². The van der Waals surface area contributed by atoms with Gasteiger partial charge in [0.1, 0.15) is 0 Å². The number of benzene rings is 1. The fourth-order valence-electron chi connectivity index (χ4n) is 2.63. The molecule has 0 radical (unpaired) electrons. The van der Waals surface area contributed by atoms with E-state index in [0.29, 0.717) is 18.7 Å². The molecule has 9 nitrogen and oxygen atoms in total. The molecule has 1 aromatic rings. The average Bonchev–Trinajstić information content (AvgIpc) is 2.65. The maximum atomic E-state index is 12.7. The first-order valence-corrected chi connectivity index (χ1v) is 8.74. The van der Waals surface area contributed by atoms with Crippen molar-refractivity contribution in [2.24, 2.45) is 5.73 Å². The predicted octanol–water partition coefficient (Wildman–Crippen LogP) is 0.583. The average molecular weight is 411 g/mol. The number of nitrogens with two attached hydrogens (primary N) is 1. The van der Waals surface area contributed by atoms with E-state index in [2.05, 4.69) is 16.2 Å². The van der Waals surface area contributed by atoms with Crippen LogP contribution in [0.1, 0.15) is 25.3 Å². The Labute approximate surface area is 170 Å². The number of amides is 2. The van der Waals surface area contributed by atoms with Gasteiger partial charge in [-0.2, -0.15) is 0 Å². The number of hydroxylamine groups is 1. The Morgan fingerprint density at radius 1 is 1.32 bits per heavy atom. The van der Waals surface area contributed by atoms with Gasteiger partial charge in [0, 0.05) is 25.2 Å². The lowest BCUT2D eigenvalue weighted by Crippen LogP contribution is -2.47. The Morgan fingerprint density at radius 3 is 2.71 bits per heavy atom. The van der Waals surface area contributed by atoms with Gasteiger partial charge in [0.15, 0.2) is 0 Å². The highest BCUT2D eigenvalue weighted by atomic mass is 35.5. The zero-order chi connectivity index (χ0) is 19.6. The molecular formula is C18H27ClN6O3. The summed E-state index contributed by atoms with van der Waals surface area (Å²) in [5.74, 6) is -0.730. The maximum absolute atomic E-state index is 12.7. The van der Waals surface area contributed by atoms with Gasteiger partial charge in [0.2, 0.25) is 11.9 Å². The molecule has 0 aromatic heterocycles. The van der Waals surface area contributed by atoms with Crippen molar-refractivity contribution in [2.45, 2.75) is 26.3 Å². The third-order valence-corrected chi connectivity index (χ3v) is 4.09. The second-order valence-corrected chi connectivity index (χ2v) is 6.18. The van der Waals surface area contributed by atoms with Crippen molar-refractivity contribution in [3.05, 3.63) is 47.0 Å². The normalized spacial score (nSPS) is 13.8. The Morgan fingerprint density at radius 2 is 2.04 bits per heavy atom. The molecule has 0 fully saturated rings. The number of hydrazine groups is 1. The monoisotopic (exact) mass is 410 g/mol. The zero-order valence-corrected chi connectivity index (χ0v) is 16.6. The molecule has 1 aliphatic heterocycles. The third kappa shape index (κ3) is 7.55.